The summed E-state index contributed by atoms with van der Waals surface area (Å²) in [6.07, 6.45) is 5.57. The first-order chi connectivity index (χ1) is 22.9. The summed E-state index contributed by atoms with van der Waals surface area (Å²) in [5.74, 6) is 6.05. The third kappa shape index (κ3) is 10.6. The largest absolute Gasteiger partial charge is 0.497 e. The van der Waals surface area contributed by atoms with Gasteiger partial charge in [0.1, 0.15) is 18.1 Å². The molecule has 2 heterocycles. The Morgan fingerprint density at radius 3 is 2.66 bits per heavy atom. The Kier molecular flexibility index (Phi) is 14.2. The normalized spacial score (nSPS) is 15.4. The highest BCUT2D eigenvalue weighted by Gasteiger charge is 2.36. The lowest BCUT2D eigenvalue weighted by atomic mass is 10.0. The van der Waals surface area contributed by atoms with Crippen LogP contribution in [0.15, 0.2) is 42.5 Å². The maximum Gasteiger partial charge on any atom is 0.255 e. The molecule has 0 bridgehead atoms. The fraction of sp³-hybridized carbons (Fsp3) is 0.500. The van der Waals surface area contributed by atoms with E-state index >= 15 is 0 Å². The van der Waals surface area contributed by atoms with Crippen LogP contribution in [-0.4, -0.2) is 98.9 Å². The number of aldehydes is 1. The summed E-state index contributed by atoms with van der Waals surface area (Å²) in [6.45, 7) is 6.30. The number of piperidine rings is 1. The van der Waals surface area contributed by atoms with Gasteiger partial charge < -0.3 is 40.4 Å². The van der Waals surface area contributed by atoms with Gasteiger partial charge in [-0.25, -0.2) is 0 Å². The van der Waals surface area contributed by atoms with Gasteiger partial charge in [-0.05, 0) is 87.6 Å². The van der Waals surface area contributed by atoms with Crippen LogP contribution in [0.5, 0.6) is 5.75 Å². The van der Waals surface area contributed by atoms with E-state index in [1.54, 1.807) is 25.3 Å². The summed E-state index contributed by atoms with van der Waals surface area (Å²) in [6, 6.07) is 12.0. The number of hydrogen-bond donors (Lipinski definition) is 3. The molecule has 2 aromatic rings. The minimum absolute atomic E-state index is 0.0456. The highest BCUT2D eigenvalue weighted by molar-refractivity contribution is 6.01. The molecule has 11 nitrogen and oxygen atoms in total. The maximum atomic E-state index is 12.9. The topological polar surface area (TPSA) is 143 Å². The second-order valence-corrected chi connectivity index (χ2v) is 11.9. The Morgan fingerprint density at radius 2 is 1.89 bits per heavy atom. The molecule has 0 aromatic heterocycles. The third-order valence-electron chi connectivity index (χ3n) is 8.58. The second kappa shape index (κ2) is 18.8. The Morgan fingerprint density at radius 1 is 1.11 bits per heavy atom. The van der Waals surface area contributed by atoms with Crippen LogP contribution in [-0.2, 0) is 20.9 Å². The van der Waals surface area contributed by atoms with Crippen molar-refractivity contribution in [3.05, 3.63) is 64.7 Å². The summed E-state index contributed by atoms with van der Waals surface area (Å²) >= 11 is 0. The van der Waals surface area contributed by atoms with Gasteiger partial charge in [-0.15, -0.1) is 0 Å². The Hall–Kier alpha value is -4.24. The minimum atomic E-state index is -0.819. The molecule has 1 saturated heterocycles. The standard InChI is InChI=1S/C36H47N5O6/c1-46-30-12-4-11-28(25-30)35(44)39-29-15-20-40(21-16-29)19-7-17-38-18-8-24-47-23-3-2-9-27-10-5-13-31-32(27)26-41(36(31)45)33(34(37)43)14-6-22-42/h4-5,10-13,22,25,29,33,38H,3,6-8,14-21,23-24,26H2,1H3,(H2,37,43)(H,39,44). The molecule has 47 heavy (non-hydrogen) atoms. The van der Waals surface area contributed by atoms with E-state index in [-0.39, 0.29) is 37.2 Å². The zero-order valence-corrected chi connectivity index (χ0v) is 27.3. The van der Waals surface area contributed by atoms with Gasteiger partial charge in [0.2, 0.25) is 5.91 Å². The van der Waals surface area contributed by atoms with Crippen molar-refractivity contribution >= 4 is 24.0 Å². The van der Waals surface area contributed by atoms with Crippen molar-refractivity contribution in [2.24, 2.45) is 5.73 Å². The zero-order valence-electron chi connectivity index (χ0n) is 27.3. The predicted molar refractivity (Wildman–Crippen MR) is 179 cm³/mol. The van der Waals surface area contributed by atoms with Crippen LogP contribution in [0.25, 0.3) is 0 Å². The van der Waals surface area contributed by atoms with Gasteiger partial charge in [0.25, 0.3) is 11.8 Å². The van der Waals surface area contributed by atoms with Gasteiger partial charge >= 0.3 is 0 Å². The summed E-state index contributed by atoms with van der Waals surface area (Å²) in [5.41, 5.74) is 8.21. The van der Waals surface area contributed by atoms with E-state index in [1.807, 2.05) is 24.3 Å². The molecule has 0 aliphatic carbocycles. The Balaban J connectivity index is 1.03. The number of rotatable bonds is 18. The first kappa shape index (κ1) is 35.6. The number of benzene rings is 2. The van der Waals surface area contributed by atoms with Crippen LogP contribution in [0.2, 0.25) is 0 Å². The fourth-order valence-electron chi connectivity index (χ4n) is 5.97. The molecule has 0 saturated carbocycles. The van der Waals surface area contributed by atoms with Gasteiger partial charge in [0.15, 0.2) is 0 Å². The molecule has 1 fully saturated rings. The molecule has 2 aliphatic heterocycles. The molecule has 0 spiro atoms. The Labute approximate surface area is 277 Å². The van der Waals surface area contributed by atoms with Gasteiger partial charge in [-0.1, -0.05) is 24.0 Å². The number of nitrogens with two attached hydrogens (primary N) is 1. The highest BCUT2D eigenvalue weighted by atomic mass is 16.5. The maximum absolute atomic E-state index is 12.9. The average Bonchev–Trinajstić information content (AvgIpc) is 3.42. The molecule has 4 rings (SSSR count). The molecule has 1 unspecified atom stereocenters. The number of carbonyl (C=O) groups excluding carboxylic acids is 4. The summed E-state index contributed by atoms with van der Waals surface area (Å²) in [5, 5.41) is 6.65. The van der Waals surface area contributed by atoms with E-state index in [1.165, 1.54) is 4.90 Å². The predicted octanol–water partition coefficient (Wildman–Crippen LogP) is 2.51. The number of methoxy groups -OCH3 is 1. The molecule has 11 heteroatoms. The summed E-state index contributed by atoms with van der Waals surface area (Å²) in [7, 11) is 1.60. The molecule has 1 atom stereocenters. The lowest BCUT2D eigenvalue weighted by Crippen LogP contribution is -2.45. The van der Waals surface area contributed by atoms with Crippen LogP contribution in [0.4, 0.5) is 0 Å². The quantitative estimate of drug-likeness (QED) is 0.128. The first-order valence-electron chi connectivity index (χ1n) is 16.5. The number of ether oxygens (including phenoxy) is 2. The van der Waals surface area contributed by atoms with Crippen molar-refractivity contribution in [1.82, 2.24) is 20.4 Å². The van der Waals surface area contributed by atoms with Gasteiger partial charge in [-0.2, -0.15) is 0 Å². The van der Waals surface area contributed by atoms with Crippen molar-refractivity contribution in [3.63, 3.8) is 0 Å². The number of hydrogen-bond acceptors (Lipinski definition) is 8. The minimum Gasteiger partial charge on any atom is -0.497 e. The van der Waals surface area contributed by atoms with Crippen LogP contribution >= 0.6 is 0 Å². The summed E-state index contributed by atoms with van der Waals surface area (Å²) < 4.78 is 11.0. The number of nitrogens with zero attached hydrogens (tertiary/aromatic N) is 2. The van der Waals surface area contributed by atoms with Crippen LogP contribution in [0.3, 0.4) is 0 Å². The number of fused-ring (bicyclic) bond motifs is 1. The number of nitrogens with one attached hydrogen (secondary N) is 2. The number of primary amides is 1. The van der Waals surface area contributed by atoms with E-state index < -0.39 is 11.9 Å². The van der Waals surface area contributed by atoms with Crippen LogP contribution in [0.1, 0.15) is 76.8 Å². The van der Waals surface area contributed by atoms with Gasteiger partial charge in [-0.3, -0.25) is 14.4 Å². The molecule has 3 amide bonds. The molecule has 4 N–H and O–H groups in total. The van der Waals surface area contributed by atoms with Crippen molar-refractivity contribution in [2.75, 3.05) is 53.0 Å². The zero-order chi connectivity index (χ0) is 33.4. The van der Waals surface area contributed by atoms with Crippen molar-refractivity contribution < 1.29 is 28.7 Å². The van der Waals surface area contributed by atoms with Gasteiger partial charge in [0, 0.05) is 61.8 Å². The molecular weight excluding hydrogens is 598 g/mol. The van der Waals surface area contributed by atoms with E-state index in [2.05, 4.69) is 27.4 Å². The van der Waals surface area contributed by atoms with E-state index in [9.17, 15) is 19.2 Å². The van der Waals surface area contributed by atoms with Gasteiger partial charge in [0.05, 0.1) is 13.7 Å². The number of amides is 3. The fourth-order valence-corrected chi connectivity index (χ4v) is 5.97. The number of carbonyl (C=O) groups is 4. The van der Waals surface area contributed by atoms with E-state index in [0.717, 1.165) is 75.8 Å². The molecular formula is C36H47N5O6. The molecule has 252 valence electrons. The van der Waals surface area contributed by atoms with Crippen molar-refractivity contribution in [2.45, 2.75) is 63.6 Å². The summed E-state index contributed by atoms with van der Waals surface area (Å²) in [4.78, 5) is 52.2. The average molecular weight is 646 g/mol. The van der Waals surface area contributed by atoms with E-state index in [4.69, 9.17) is 15.2 Å². The number of likely N-dealkylation sites (tertiary alicyclic amines) is 1. The smallest absolute Gasteiger partial charge is 0.255 e. The molecule has 2 aromatic carbocycles. The SMILES string of the molecule is COc1cccc(C(=O)NC2CCN(CCCNCCCOCCC#Cc3cccc4c3CN(C(CCC=O)C(N)=O)C4=O)CC2)c1. The molecule has 0 radical (unpaired) electrons. The highest BCUT2D eigenvalue weighted by Crippen LogP contribution is 2.28. The molecule has 2 aliphatic rings. The lowest BCUT2D eigenvalue weighted by molar-refractivity contribution is -0.122. The Bertz CT molecular complexity index is 1430. The monoisotopic (exact) mass is 645 g/mol. The van der Waals surface area contributed by atoms with Crippen LogP contribution in [0, 0.1) is 11.8 Å². The van der Waals surface area contributed by atoms with Crippen molar-refractivity contribution in [1.29, 1.82) is 0 Å². The van der Waals surface area contributed by atoms with Crippen LogP contribution < -0.4 is 21.1 Å². The second-order valence-electron chi connectivity index (χ2n) is 11.9. The lowest BCUT2D eigenvalue weighted by Gasteiger charge is -2.32. The van der Waals surface area contributed by atoms with E-state index in [0.29, 0.717) is 36.5 Å². The van der Waals surface area contributed by atoms with Crippen molar-refractivity contribution in [3.8, 4) is 17.6 Å². The third-order valence-corrected chi connectivity index (χ3v) is 8.58. The first-order valence-corrected chi connectivity index (χ1v) is 16.5.